The number of halogens is 1. The van der Waals surface area contributed by atoms with Crippen LogP contribution < -0.4 is 19.7 Å². The molecule has 1 aliphatic carbocycles. The standard InChI is InChI=1S/C29H30FN5O4/c1-38-20-15-16-26(39-2)25(17-20)35(27(36)18-34-24-14-8-7-13-23(24)32-33-34)28(21-11-5-6-12-22(21)30)29(37)31-19-9-3-4-10-19/h5-8,11-17,19,28H,3-4,9-10,18H2,1-2H3,(H,31,37)/t28-/m0/s1. The van der Waals surface area contributed by atoms with Crippen LogP contribution in [0.3, 0.4) is 0 Å². The van der Waals surface area contributed by atoms with Gasteiger partial charge in [0.25, 0.3) is 0 Å². The molecule has 1 atom stereocenters. The van der Waals surface area contributed by atoms with E-state index in [0.717, 1.165) is 25.7 Å². The Morgan fingerprint density at radius 2 is 1.79 bits per heavy atom. The summed E-state index contributed by atoms with van der Waals surface area (Å²) >= 11 is 0. The number of benzene rings is 3. The zero-order chi connectivity index (χ0) is 27.4. The number of anilines is 1. The van der Waals surface area contributed by atoms with Crippen LogP contribution in [-0.2, 0) is 16.1 Å². The van der Waals surface area contributed by atoms with E-state index in [1.54, 1.807) is 42.5 Å². The molecule has 0 saturated heterocycles. The number of aromatic nitrogens is 3. The maximum Gasteiger partial charge on any atom is 0.249 e. The largest absolute Gasteiger partial charge is 0.497 e. The lowest BCUT2D eigenvalue weighted by molar-refractivity contribution is -0.127. The van der Waals surface area contributed by atoms with Gasteiger partial charge in [-0.25, -0.2) is 9.07 Å². The van der Waals surface area contributed by atoms with Crippen molar-refractivity contribution < 1.29 is 23.5 Å². The first-order valence-corrected chi connectivity index (χ1v) is 12.9. The number of rotatable bonds is 9. The molecule has 39 heavy (non-hydrogen) atoms. The van der Waals surface area contributed by atoms with Crippen LogP contribution in [0.5, 0.6) is 11.5 Å². The number of nitrogens with zero attached hydrogens (tertiary/aromatic N) is 4. The summed E-state index contributed by atoms with van der Waals surface area (Å²) in [6.07, 6.45) is 3.66. The van der Waals surface area contributed by atoms with E-state index in [0.29, 0.717) is 22.5 Å². The van der Waals surface area contributed by atoms with Crippen molar-refractivity contribution in [2.45, 2.75) is 44.3 Å². The number of hydrogen-bond acceptors (Lipinski definition) is 6. The third kappa shape index (κ3) is 5.41. The van der Waals surface area contributed by atoms with Gasteiger partial charge in [-0.05, 0) is 43.2 Å². The van der Waals surface area contributed by atoms with E-state index in [9.17, 15) is 9.59 Å². The van der Waals surface area contributed by atoms with Crippen LogP contribution in [0.4, 0.5) is 10.1 Å². The summed E-state index contributed by atoms with van der Waals surface area (Å²) in [7, 11) is 2.97. The van der Waals surface area contributed by atoms with Gasteiger partial charge in [0.15, 0.2) is 0 Å². The molecule has 0 bridgehead atoms. The molecule has 0 aliphatic heterocycles. The Labute approximate surface area is 225 Å². The van der Waals surface area contributed by atoms with E-state index >= 15 is 4.39 Å². The van der Waals surface area contributed by atoms with Gasteiger partial charge in [0.2, 0.25) is 11.8 Å². The Balaban J connectivity index is 1.65. The number of ether oxygens (including phenoxy) is 2. The number of carbonyl (C=O) groups excluding carboxylic acids is 2. The Morgan fingerprint density at radius 1 is 1.05 bits per heavy atom. The molecular weight excluding hydrogens is 501 g/mol. The van der Waals surface area contributed by atoms with E-state index < -0.39 is 23.7 Å². The summed E-state index contributed by atoms with van der Waals surface area (Å²) in [5.41, 5.74) is 1.61. The SMILES string of the molecule is COc1ccc(OC)c(N(C(=O)Cn2nnc3ccccc32)[C@H](C(=O)NC2CCCC2)c2ccccc2F)c1. The van der Waals surface area contributed by atoms with Gasteiger partial charge < -0.3 is 14.8 Å². The van der Waals surface area contributed by atoms with Crippen molar-refractivity contribution in [3.05, 3.63) is 78.1 Å². The monoisotopic (exact) mass is 531 g/mol. The van der Waals surface area contributed by atoms with Crippen LogP contribution in [0.2, 0.25) is 0 Å². The van der Waals surface area contributed by atoms with Gasteiger partial charge in [0.05, 0.1) is 25.4 Å². The second-order valence-corrected chi connectivity index (χ2v) is 9.45. The number of hydrogen-bond donors (Lipinski definition) is 1. The molecule has 0 radical (unpaired) electrons. The topological polar surface area (TPSA) is 98.6 Å². The van der Waals surface area contributed by atoms with E-state index in [2.05, 4.69) is 15.6 Å². The lowest BCUT2D eigenvalue weighted by atomic mass is 10.0. The summed E-state index contributed by atoms with van der Waals surface area (Å²) in [5, 5.41) is 11.4. The Kier molecular flexibility index (Phi) is 7.72. The van der Waals surface area contributed by atoms with Crippen LogP contribution in [-0.4, -0.2) is 47.1 Å². The van der Waals surface area contributed by atoms with E-state index in [4.69, 9.17) is 9.47 Å². The molecule has 1 fully saturated rings. The Bertz CT molecular complexity index is 1480. The fraction of sp³-hybridized carbons (Fsp3) is 0.310. The number of fused-ring (bicyclic) bond motifs is 1. The molecule has 1 saturated carbocycles. The molecule has 5 rings (SSSR count). The van der Waals surface area contributed by atoms with Crippen molar-refractivity contribution in [3.63, 3.8) is 0 Å². The second kappa shape index (κ2) is 11.5. The van der Waals surface area contributed by atoms with Gasteiger partial charge in [0, 0.05) is 17.7 Å². The second-order valence-electron chi connectivity index (χ2n) is 9.45. The van der Waals surface area contributed by atoms with Gasteiger partial charge in [-0.15, -0.1) is 5.10 Å². The fourth-order valence-corrected chi connectivity index (χ4v) is 5.09. The minimum Gasteiger partial charge on any atom is -0.497 e. The lowest BCUT2D eigenvalue weighted by Crippen LogP contribution is -2.47. The molecular formula is C29H30FN5O4. The highest BCUT2D eigenvalue weighted by Crippen LogP contribution is 2.39. The molecule has 202 valence electrons. The van der Waals surface area contributed by atoms with Gasteiger partial charge in [-0.1, -0.05) is 48.4 Å². The first-order chi connectivity index (χ1) is 19.0. The van der Waals surface area contributed by atoms with Gasteiger partial charge in [0.1, 0.15) is 35.4 Å². The fourth-order valence-electron chi connectivity index (χ4n) is 5.09. The number of nitrogens with one attached hydrogen (secondary N) is 1. The average Bonchev–Trinajstić information content (AvgIpc) is 3.62. The van der Waals surface area contributed by atoms with Crippen molar-refractivity contribution in [1.82, 2.24) is 20.3 Å². The molecule has 1 heterocycles. The molecule has 1 aliphatic rings. The zero-order valence-electron chi connectivity index (χ0n) is 21.8. The average molecular weight is 532 g/mol. The molecule has 2 amide bonds. The predicted molar refractivity (Wildman–Crippen MR) is 144 cm³/mol. The number of para-hydroxylation sites is 1. The maximum atomic E-state index is 15.4. The van der Waals surface area contributed by atoms with Crippen molar-refractivity contribution in [1.29, 1.82) is 0 Å². The lowest BCUT2D eigenvalue weighted by Gasteiger charge is -2.33. The van der Waals surface area contributed by atoms with Crippen molar-refractivity contribution >= 4 is 28.5 Å². The van der Waals surface area contributed by atoms with Gasteiger partial charge in [-0.3, -0.25) is 14.5 Å². The molecule has 4 aromatic rings. The van der Waals surface area contributed by atoms with Crippen molar-refractivity contribution in [3.8, 4) is 11.5 Å². The van der Waals surface area contributed by atoms with E-state index in [-0.39, 0.29) is 23.8 Å². The van der Waals surface area contributed by atoms with Crippen molar-refractivity contribution in [2.24, 2.45) is 0 Å². The van der Waals surface area contributed by atoms with Crippen LogP contribution in [0.1, 0.15) is 37.3 Å². The highest BCUT2D eigenvalue weighted by atomic mass is 19.1. The summed E-state index contributed by atoms with van der Waals surface area (Å²) in [4.78, 5) is 29.5. The summed E-state index contributed by atoms with van der Waals surface area (Å²) in [5.74, 6) is -0.823. The van der Waals surface area contributed by atoms with Gasteiger partial charge >= 0.3 is 0 Å². The smallest absolute Gasteiger partial charge is 0.249 e. The van der Waals surface area contributed by atoms with Gasteiger partial charge in [-0.2, -0.15) is 0 Å². The zero-order valence-corrected chi connectivity index (χ0v) is 21.8. The normalized spacial score (nSPS) is 14.2. The molecule has 0 unspecified atom stereocenters. The molecule has 10 heteroatoms. The highest BCUT2D eigenvalue weighted by molar-refractivity contribution is 6.03. The molecule has 0 spiro atoms. The number of amides is 2. The van der Waals surface area contributed by atoms with Crippen LogP contribution in [0, 0.1) is 5.82 Å². The minimum absolute atomic E-state index is 0.0461. The third-order valence-electron chi connectivity index (χ3n) is 7.03. The minimum atomic E-state index is -1.32. The van der Waals surface area contributed by atoms with Crippen LogP contribution in [0.25, 0.3) is 11.0 Å². The Morgan fingerprint density at radius 3 is 2.54 bits per heavy atom. The number of methoxy groups -OCH3 is 2. The predicted octanol–water partition coefficient (Wildman–Crippen LogP) is 4.42. The quantitative estimate of drug-likeness (QED) is 0.343. The first-order valence-electron chi connectivity index (χ1n) is 12.9. The molecule has 1 N–H and O–H groups in total. The first kappa shape index (κ1) is 26.1. The summed E-state index contributed by atoms with van der Waals surface area (Å²) in [6.45, 7) is -0.247. The summed E-state index contributed by atoms with van der Waals surface area (Å²) < 4.78 is 27.9. The van der Waals surface area contributed by atoms with E-state index in [1.807, 2.05) is 12.1 Å². The Hall–Kier alpha value is -4.47. The van der Waals surface area contributed by atoms with Crippen LogP contribution in [0.15, 0.2) is 66.7 Å². The van der Waals surface area contributed by atoms with E-state index in [1.165, 1.54) is 35.9 Å². The molecule has 3 aromatic carbocycles. The third-order valence-corrected chi connectivity index (χ3v) is 7.03. The maximum absolute atomic E-state index is 15.4. The van der Waals surface area contributed by atoms with Crippen LogP contribution >= 0.6 is 0 Å². The van der Waals surface area contributed by atoms with Crippen molar-refractivity contribution in [2.75, 3.05) is 19.1 Å². The number of carbonyl (C=O) groups is 2. The molecule has 1 aromatic heterocycles. The summed E-state index contributed by atoms with van der Waals surface area (Å²) in [6, 6.07) is 16.8. The molecule has 9 nitrogen and oxygen atoms in total. The highest BCUT2D eigenvalue weighted by Gasteiger charge is 2.37.